The molecule has 2 aromatic rings. The Morgan fingerprint density at radius 1 is 1.05 bits per heavy atom. The average molecular weight is 308 g/mol. The van der Waals surface area contributed by atoms with E-state index in [4.69, 9.17) is 0 Å². The Bertz CT molecular complexity index is 633. The average Bonchev–Trinajstić information content (AvgIpc) is 2.46. The van der Waals surface area contributed by atoms with Crippen molar-refractivity contribution in [3.63, 3.8) is 0 Å². The van der Waals surface area contributed by atoms with Crippen LogP contribution in [0.3, 0.4) is 0 Å². The molecular weight excluding hydrogens is 289 g/mol. The second kappa shape index (κ2) is 6.53. The summed E-state index contributed by atoms with van der Waals surface area (Å²) < 4.78 is 40.6. The van der Waals surface area contributed by atoms with Gasteiger partial charge in [-0.1, -0.05) is 55.8 Å². The molecule has 2 rings (SSSR count). The topological polar surface area (TPSA) is 20.2 Å². The molecule has 0 heterocycles. The molecule has 118 valence electrons. The zero-order valence-corrected chi connectivity index (χ0v) is 12.6. The molecule has 1 unspecified atom stereocenters. The normalized spacial score (nSPS) is 13.2. The smallest absolute Gasteiger partial charge is 0.388 e. The molecule has 0 aliphatic heterocycles. The second-order valence-corrected chi connectivity index (χ2v) is 5.37. The maximum Gasteiger partial charge on any atom is 0.417 e. The minimum absolute atomic E-state index is 0.106. The van der Waals surface area contributed by atoms with Gasteiger partial charge in [0.15, 0.2) is 0 Å². The molecule has 4 heteroatoms. The Kier molecular flexibility index (Phi) is 4.91. The van der Waals surface area contributed by atoms with Crippen molar-refractivity contribution in [2.24, 2.45) is 0 Å². The van der Waals surface area contributed by atoms with Gasteiger partial charge < -0.3 is 5.11 Å². The number of aliphatic hydroxyl groups excluding tert-OH is 1. The highest BCUT2D eigenvalue weighted by atomic mass is 19.4. The highest BCUT2D eigenvalue weighted by Gasteiger charge is 2.36. The third-order valence-corrected chi connectivity index (χ3v) is 3.80. The van der Waals surface area contributed by atoms with Crippen molar-refractivity contribution in [2.45, 2.75) is 39.0 Å². The minimum atomic E-state index is -4.46. The largest absolute Gasteiger partial charge is 0.417 e. The summed E-state index contributed by atoms with van der Waals surface area (Å²) in [5.74, 6) is 0. The third kappa shape index (κ3) is 3.33. The van der Waals surface area contributed by atoms with Gasteiger partial charge in [-0.2, -0.15) is 13.2 Å². The summed E-state index contributed by atoms with van der Waals surface area (Å²) in [4.78, 5) is 0. The molecule has 22 heavy (non-hydrogen) atoms. The fourth-order valence-electron chi connectivity index (χ4n) is 2.74. The van der Waals surface area contributed by atoms with E-state index in [1.807, 2.05) is 6.92 Å². The van der Waals surface area contributed by atoms with E-state index in [0.29, 0.717) is 24.0 Å². The summed E-state index contributed by atoms with van der Waals surface area (Å²) in [6, 6.07) is 11.6. The molecule has 1 N–H and O–H groups in total. The van der Waals surface area contributed by atoms with E-state index < -0.39 is 17.8 Å². The first-order valence-electron chi connectivity index (χ1n) is 7.30. The fraction of sp³-hybridized carbons (Fsp3) is 0.333. The Morgan fingerprint density at radius 2 is 1.68 bits per heavy atom. The number of hydrogen-bond acceptors (Lipinski definition) is 1. The van der Waals surface area contributed by atoms with Crippen LogP contribution in [0.15, 0.2) is 42.5 Å². The molecule has 1 nitrogen and oxygen atoms in total. The van der Waals surface area contributed by atoms with Crippen molar-refractivity contribution in [1.29, 1.82) is 0 Å². The zero-order chi connectivity index (χ0) is 16.3. The number of benzene rings is 2. The maximum absolute atomic E-state index is 13.5. The predicted octanol–water partition coefficient (Wildman–Crippen LogP) is 5.51. The van der Waals surface area contributed by atoms with Crippen LogP contribution in [0, 0.1) is 6.92 Å². The first-order chi connectivity index (χ1) is 10.4. The van der Waals surface area contributed by atoms with Crippen molar-refractivity contribution in [2.75, 3.05) is 0 Å². The molecule has 0 aliphatic rings. The van der Waals surface area contributed by atoms with E-state index >= 15 is 0 Å². The minimum Gasteiger partial charge on any atom is -0.388 e. The number of aliphatic hydroxyl groups is 1. The van der Waals surface area contributed by atoms with Gasteiger partial charge in [-0.15, -0.1) is 0 Å². The molecule has 0 amide bonds. The molecule has 2 aromatic carbocycles. The van der Waals surface area contributed by atoms with Gasteiger partial charge in [-0.05, 0) is 35.6 Å². The molecule has 0 bridgehead atoms. The molecular formula is C18H19F3O. The molecule has 0 saturated heterocycles. The van der Waals surface area contributed by atoms with E-state index in [1.165, 1.54) is 13.0 Å². The Hall–Kier alpha value is -1.81. The molecule has 0 spiro atoms. The van der Waals surface area contributed by atoms with Gasteiger partial charge >= 0.3 is 6.18 Å². The van der Waals surface area contributed by atoms with Crippen LogP contribution in [-0.4, -0.2) is 5.11 Å². The van der Waals surface area contributed by atoms with Crippen LogP contribution in [0.2, 0.25) is 0 Å². The number of hydrogen-bond donors (Lipinski definition) is 1. The maximum atomic E-state index is 13.5. The fourth-order valence-corrected chi connectivity index (χ4v) is 2.74. The van der Waals surface area contributed by atoms with Gasteiger partial charge in [-0.3, -0.25) is 0 Å². The van der Waals surface area contributed by atoms with Gasteiger partial charge in [0.05, 0.1) is 11.7 Å². The lowest BCUT2D eigenvalue weighted by Crippen LogP contribution is -2.13. The summed E-state index contributed by atoms with van der Waals surface area (Å²) in [6.07, 6.45) is -4.17. The lowest BCUT2D eigenvalue weighted by molar-refractivity contribution is -0.137. The van der Waals surface area contributed by atoms with Crippen molar-refractivity contribution >= 4 is 0 Å². The van der Waals surface area contributed by atoms with Crippen molar-refractivity contribution in [3.05, 3.63) is 59.2 Å². The molecule has 1 atom stereocenters. The molecule has 0 aliphatic carbocycles. The van der Waals surface area contributed by atoms with E-state index in [2.05, 4.69) is 0 Å². The molecule has 0 radical (unpaired) electrons. The molecule has 0 saturated carbocycles. The lowest BCUT2D eigenvalue weighted by atomic mass is 9.89. The highest BCUT2D eigenvalue weighted by molar-refractivity contribution is 5.70. The van der Waals surface area contributed by atoms with Gasteiger partial charge in [0.25, 0.3) is 0 Å². The summed E-state index contributed by atoms with van der Waals surface area (Å²) in [7, 11) is 0. The highest BCUT2D eigenvalue weighted by Crippen LogP contribution is 2.41. The van der Waals surface area contributed by atoms with Crippen LogP contribution in [0.1, 0.15) is 42.6 Å². The quantitative estimate of drug-likeness (QED) is 0.789. The Morgan fingerprint density at radius 3 is 2.23 bits per heavy atom. The number of rotatable bonds is 4. The van der Waals surface area contributed by atoms with Crippen LogP contribution in [0.25, 0.3) is 11.1 Å². The molecule has 0 fully saturated rings. The third-order valence-electron chi connectivity index (χ3n) is 3.80. The zero-order valence-electron chi connectivity index (χ0n) is 12.6. The molecule has 0 aromatic heterocycles. The summed E-state index contributed by atoms with van der Waals surface area (Å²) >= 11 is 0. The van der Waals surface area contributed by atoms with Crippen molar-refractivity contribution in [3.8, 4) is 11.1 Å². The summed E-state index contributed by atoms with van der Waals surface area (Å²) in [5.41, 5.74) is 0.475. The number of alkyl halides is 3. The van der Waals surface area contributed by atoms with E-state index in [1.54, 1.807) is 36.4 Å². The first kappa shape index (κ1) is 16.6. The van der Waals surface area contributed by atoms with E-state index in [0.717, 1.165) is 0 Å². The van der Waals surface area contributed by atoms with Crippen LogP contribution in [-0.2, 0) is 6.18 Å². The van der Waals surface area contributed by atoms with E-state index in [-0.39, 0.29) is 11.1 Å². The van der Waals surface area contributed by atoms with Gasteiger partial charge in [-0.25, -0.2) is 0 Å². The SMILES string of the molecule is CCCC(O)c1ccc(-c2ccccc2)c(C(F)(F)F)c1C. The van der Waals surface area contributed by atoms with Crippen LogP contribution < -0.4 is 0 Å². The van der Waals surface area contributed by atoms with Crippen LogP contribution in [0.4, 0.5) is 13.2 Å². The first-order valence-corrected chi connectivity index (χ1v) is 7.30. The second-order valence-electron chi connectivity index (χ2n) is 5.37. The lowest BCUT2D eigenvalue weighted by Gasteiger charge is -2.21. The van der Waals surface area contributed by atoms with Crippen LogP contribution in [0.5, 0.6) is 0 Å². The monoisotopic (exact) mass is 308 g/mol. The number of halogens is 3. The van der Waals surface area contributed by atoms with Crippen molar-refractivity contribution < 1.29 is 18.3 Å². The van der Waals surface area contributed by atoms with Gasteiger partial charge in [0.2, 0.25) is 0 Å². The Balaban J connectivity index is 2.64. The van der Waals surface area contributed by atoms with Crippen LogP contribution >= 0.6 is 0 Å². The van der Waals surface area contributed by atoms with E-state index in [9.17, 15) is 18.3 Å². The predicted molar refractivity (Wildman–Crippen MR) is 81.5 cm³/mol. The Labute approximate surface area is 128 Å². The summed E-state index contributed by atoms with van der Waals surface area (Å²) in [6.45, 7) is 3.32. The van der Waals surface area contributed by atoms with Crippen molar-refractivity contribution in [1.82, 2.24) is 0 Å². The van der Waals surface area contributed by atoms with Gasteiger partial charge in [0.1, 0.15) is 0 Å². The standard InChI is InChI=1S/C18H19F3O/c1-3-7-16(22)14-10-11-15(13-8-5-4-6-9-13)17(12(14)2)18(19,20)21/h4-6,8-11,16,22H,3,7H2,1-2H3. The van der Waals surface area contributed by atoms with Gasteiger partial charge in [0, 0.05) is 0 Å². The summed E-state index contributed by atoms with van der Waals surface area (Å²) in [5, 5.41) is 10.1.